The van der Waals surface area contributed by atoms with Crippen LogP contribution in [-0.4, -0.2) is 66.4 Å². The van der Waals surface area contributed by atoms with Gasteiger partial charge in [-0.2, -0.15) is 0 Å². The van der Waals surface area contributed by atoms with Gasteiger partial charge in [0.1, 0.15) is 16.5 Å². The summed E-state index contributed by atoms with van der Waals surface area (Å²) < 4.78 is 37.8. The first-order chi connectivity index (χ1) is 19.0. The molecule has 0 saturated carbocycles. The van der Waals surface area contributed by atoms with Crippen molar-refractivity contribution in [3.8, 4) is 0 Å². The van der Waals surface area contributed by atoms with Crippen molar-refractivity contribution in [3.05, 3.63) is 41.1 Å². The van der Waals surface area contributed by atoms with Crippen LogP contribution in [0.5, 0.6) is 0 Å². The van der Waals surface area contributed by atoms with Crippen molar-refractivity contribution in [2.45, 2.75) is 60.6 Å². The van der Waals surface area contributed by atoms with Gasteiger partial charge in [0, 0.05) is 35.6 Å². The maximum absolute atomic E-state index is 12.6. The van der Waals surface area contributed by atoms with E-state index < -0.39 is 16.1 Å². The van der Waals surface area contributed by atoms with E-state index in [2.05, 4.69) is 30.3 Å². The van der Waals surface area contributed by atoms with Crippen LogP contribution in [0.1, 0.15) is 31.2 Å². The number of nitrogens with two attached hydrogens (primary N) is 1. The summed E-state index contributed by atoms with van der Waals surface area (Å²) in [5.41, 5.74) is 6.58. The van der Waals surface area contributed by atoms with Gasteiger partial charge in [-0.05, 0) is 39.7 Å². The number of aryl methyl sites for hydroxylation is 2. The number of anilines is 2. The second kappa shape index (κ2) is 11.1. The van der Waals surface area contributed by atoms with Gasteiger partial charge in [-0.1, -0.05) is 28.5 Å². The number of amides is 2. The number of carbonyl (C=O) groups excluding carboxylic acids is 1. The molecule has 2 atom stereocenters. The lowest BCUT2D eigenvalue weighted by Gasteiger charge is -2.41. The summed E-state index contributed by atoms with van der Waals surface area (Å²) in [7, 11) is -4.22. The molecule has 5 heterocycles. The molecule has 2 fully saturated rings. The number of pyridine rings is 1. The minimum atomic E-state index is -4.22. The fraction of sp³-hybridized carbons (Fsp3) is 0.458. The standard InChI is InChI=1S/C24H29ClN8O5S2/c1-13-20(14(2)38-31-13)40(35,36)32-23(34)30-22-19(25)16(4-7-27-22)39-18-11-28-17(10-29-18)33-8-5-24(6-9-33)12-37-15(3)21(24)26/h4,7,10-11,15,21H,5-6,8-9,12,26H2,1-3H3,(H2,27,30,32,34)/t15-,21+/m0/s1. The predicted molar refractivity (Wildman–Crippen MR) is 148 cm³/mol. The van der Waals surface area contributed by atoms with Gasteiger partial charge in [-0.25, -0.2) is 32.9 Å². The highest BCUT2D eigenvalue weighted by atomic mass is 35.5. The fourth-order valence-electron chi connectivity index (χ4n) is 5.05. The number of rotatable bonds is 6. The number of hydrogen-bond acceptors (Lipinski definition) is 12. The van der Waals surface area contributed by atoms with Gasteiger partial charge in [0.05, 0.1) is 30.1 Å². The van der Waals surface area contributed by atoms with Crippen molar-refractivity contribution >= 4 is 51.1 Å². The normalized spacial score (nSPS) is 20.6. The summed E-state index contributed by atoms with van der Waals surface area (Å²) in [6, 6.07) is 0.662. The largest absolute Gasteiger partial charge is 0.376 e. The van der Waals surface area contributed by atoms with Crippen LogP contribution in [0.25, 0.3) is 0 Å². The van der Waals surface area contributed by atoms with Crippen LogP contribution >= 0.6 is 23.4 Å². The molecule has 2 amide bonds. The third-order valence-corrected chi connectivity index (χ3v) is 10.4. The van der Waals surface area contributed by atoms with E-state index in [1.807, 2.05) is 11.6 Å². The van der Waals surface area contributed by atoms with Crippen molar-refractivity contribution in [1.29, 1.82) is 0 Å². The zero-order chi connectivity index (χ0) is 28.7. The first-order valence-corrected chi connectivity index (χ1v) is 15.2. The topological polar surface area (TPSA) is 178 Å². The Balaban J connectivity index is 1.21. The molecule has 1 spiro atoms. The average Bonchev–Trinajstić information content (AvgIpc) is 3.40. The first-order valence-electron chi connectivity index (χ1n) is 12.5. The Kier molecular flexibility index (Phi) is 7.94. The number of sulfonamides is 1. The SMILES string of the molecule is Cc1noc(C)c1S(=O)(=O)NC(=O)Nc1nccc(Sc2cnc(N3CCC4(CC3)CO[C@@H](C)[C@H]4N)cn2)c1Cl. The van der Waals surface area contributed by atoms with Gasteiger partial charge >= 0.3 is 6.03 Å². The van der Waals surface area contributed by atoms with Crippen molar-refractivity contribution in [1.82, 2.24) is 24.8 Å². The molecule has 13 nitrogen and oxygen atoms in total. The van der Waals surface area contributed by atoms with Crippen LogP contribution in [0.4, 0.5) is 16.4 Å². The zero-order valence-corrected chi connectivity index (χ0v) is 24.4. The third-order valence-electron chi connectivity index (χ3n) is 7.31. The first kappa shape index (κ1) is 28.5. The molecule has 16 heteroatoms. The maximum atomic E-state index is 12.6. The molecule has 5 rings (SSSR count). The molecular formula is C24H29ClN8O5S2. The van der Waals surface area contributed by atoms with Gasteiger partial charge in [0.15, 0.2) is 16.5 Å². The highest BCUT2D eigenvalue weighted by molar-refractivity contribution is 7.99. The van der Waals surface area contributed by atoms with E-state index in [1.165, 1.54) is 31.8 Å². The van der Waals surface area contributed by atoms with Crippen molar-refractivity contribution in [2.24, 2.45) is 11.1 Å². The molecule has 0 unspecified atom stereocenters. The lowest BCUT2D eigenvalue weighted by Crippen LogP contribution is -2.50. The Labute approximate surface area is 240 Å². The number of hydrogen-bond donors (Lipinski definition) is 3. The van der Waals surface area contributed by atoms with Crippen molar-refractivity contribution < 1.29 is 22.5 Å². The van der Waals surface area contributed by atoms with E-state index in [1.54, 1.807) is 18.5 Å². The third kappa shape index (κ3) is 5.61. The van der Waals surface area contributed by atoms with Crippen LogP contribution in [0.3, 0.4) is 0 Å². The van der Waals surface area contributed by atoms with Gasteiger partial charge in [-0.15, -0.1) is 0 Å². The fourth-order valence-corrected chi connectivity index (χ4v) is 7.31. The summed E-state index contributed by atoms with van der Waals surface area (Å²) in [4.78, 5) is 28.2. The quantitative estimate of drug-likeness (QED) is 0.373. The molecule has 0 bridgehead atoms. The number of nitrogens with one attached hydrogen (secondary N) is 2. The van der Waals surface area contributed by atoms with Crippen LogP contribution in [-0.2, 0) is 14.8 Å². The summed E-state index contributed by atoms with van der Waals surface area (Å²) in [5.74, 6) is 0.818. The Morgan fingerprint density at radius 1 is 1.23 bits per heavy atom. The van der Waals surface area contributed by atoms with E-state index in [0.717, 1.165) is 31.7 Å². The molecule has 40 heavy (non-hydrogen) atoms. The van der Waals surface area contributed by atoms with Gasteiger partial charge < -0.3 is 19.9 Å². The van der Waals surface area contributed by atoms with Crippen LogP contribution in [0, 0.1) is 19.3 Å². The Morgan fingerprint density at radius 2 is 1.98 bits per heavy atom. The van der Waals surface area contributed by atoms with Crippen LogP contribution in [0.15, 0.2) is 44.0 Å². The molecule has 3 aromatic heterocycles. The zero-order valence-electron chi connectivity index (χ0n) is 22.0. The monoisotopic (exact) mass is 608 g/mol. The molecule has 4 N–H and O–H groups in total. The molecular weight excluding hydrogens is 580 g/mol. The molecule has 2 saturated heterocycles. The Hall–Kier alpha value is -2.98. The van der Waals surface area contributed by atoms with E-state index in [0.29, 0.717) is 16.5 Å². The molecule has 214 valence electrons. The van der Waals surface area contributed by atoms with E-state index >= 15 is 0 Å². The molecule has 3 aromatic rings. The minimum absolute atomic E-state index is 0.0200. The van der Waals surface area contributed by atoms with Crippen LogP contribution < -0.4 is 20.7 Å². The van der Waals surface area contributed by atoms with E-state index in [9.17, 15) is 13.2 Å². The van der Waals surface area contributed by atoms with Gasteiger partial charge in [-0.3, -0.25) is 5.32 Å². The van der Waals surface area contributed by atoms with Crippen LogP contribution in [0.2, 0.25) is 5.02 Å². The summed E-state index contributed by atoms with van der Waals surface area (Å²) in [5, 5.41) is 6.69. The Bertz CT molecular complexity index is 1490. The molecule has 2 aliphatic rings. The number of urea groups is 1. The highest BCUT2D eigenvalue weighted by Crippen LogP contribution is 2.42. The smallest absolute Gasteiger partial charge is 0.334 e. The van der Waals surface area contributed by atoms with Gasteiger partial charge in [0.25, 0.3) is 10.0 Å². The number of ether oxygens (including phenoxy) is 1. The second-order valence-electron chi connectivity index (χ2n) is 9.89. The maximum Gasteiger partial charge on any atom is 0.334 e. The lowest BCUT2D eigenvalue weighted by atomic mass is 9.73. The van der Waals surface area contributed by atoms with Gasteiger partial charge in [0.2, 0.25) is 0 Å². The summed E-state index contributed by atoms with van der Waals surface area (Å²) >= 11 is 7.72. The lowest BCUT2D eigenvalue weighted by molar-refractivity contribution is 0.0974. The number of halogens is 1. The van der Waals surface area contributed by atoms with E-state index in [-0.39, 0.29) is 44.8 Å². The summed E-state index contributed by atoms with van der Waals surface area (Å²) in [6.07, 6.45) is 6.77. The van der Waals surface area contributed by atoms with Crippen molar-refractivity contribution in [3.63, 3.8) is 0 Å². The van der Waals surface area contributed by atoms with E-state index in [4.69, 9.17) is 26.6 Å². The Morgan fingerprint density at radius 3 is 2.58 bits per heavy atom. The summed E-state index contributed by atoms with van der Waals surface area (Å²) in [6.45, 7) is 7.27. The number of aromatic nitrogens is 4. The number of carbonyl (C=O) groups is 1. The predicted octanol–water partition coefficient (Wildman–Crippen LogP) is 3.12. The molecule has 0 aromatic carbocycles. The highest BCUT2D eigenvalue weighted by Gasteiger charge is 2.47. The van der Waals surface area contributed by atoms with Crippen molar-refractivity contribution in [2.75, 3.05) is 29.9 Å². The second-order valence-corrected chi connectivity index (χ2v) is 13.0. The minimum Gasteiger partial charge on any atom is -0.376 e. The average molecular weight is 609 g/mol. The molecule has 0 radical (unpaired) electrons. The number of nitrogens with zero attached hydrogens (tertiary/aromatic N) is 5. The number of piperidine rings is 1. The molecule has 2 aliphatic heterocycles. The molecule has 0 aliphatic carbocycles.